The number of hydrogen-bond acceptors (Lipinski definition) is 12. The summed E-state index contributed by atoms with van der Waals surface area (Å²) in [6, 6.07) is 9.55. The van der Waals surface area contributed by atoms with Gasteiger partial charge in [0, 0.05) is 44.3 Å². The molecule has 0 radical (unpaired) electrons. The summed E-state index contributed by atoms with van der Waals surface area (Å²) in [5.74, 6) is -0.747. The molecule has 2 N–H and O–H groups in total. The summed E-state index contributed by atoms with van der Waals surface area (Å²) in [6.07, 6.45) is -0.906. The van der Waals surface area contributed by atoms with Crippen LogP contribution in [0.1, 0.15) is 57.9 Å². The third-order valence-electron chi connectivity index (χ3n) is 6.48. The summed E-state index contributed by atoms with van der Waals surface area (Å²) in [7, 11) is 1.59. The lowest BCUT2D eigenvalue weighted by atomic mass is 10.1. The van der Waals surface area contributed by atoms with Crippen molar-refractivity contribution in [1.82, 2.24) is 25.2 Å². The zero-order valence-corrected chi connectivity index (χ0v) is 26.8. The van der Waals surface area contributed by atoms with Gasteiger partial charge in [-0.2, -0.15) is 0 Å². The number of carbonyl (C=O) groups excluding carboxylic acids is 4. The fraction of sp³-hybridized carbons (Fsp3) is 0.548. The highest BCUT2D eigenvalue weighted by molar-refractivity contribution is 5.97. The Kier molecular flexibility index (Phi) is 13.0. The van der Waals surface area contributed by atoms with Crippen LogP contribution in [0.3, 0.4) is 0 Å². The molecule has 1 unspecified atom stereocenters. The number of benzene rings is 1. The Labute approximate surface area is 263 Å². The Morgan fingerprint density at radius 1 is 1.02 bits per heavy atom. The van der Waals surface area contributed by atoms with Gasteiger partial charge in [-0.3, -0.25) is 14.4 Å². The van der Waals surface area contributed by atoms with Gasteiger partial charge in [0.15, 0.2) is 5.82 Å². The summed E-state index contributed by atoms with van der Waals surface area (Å²) in [6.45, 7) is 10.4. The van der Waals surface area contributed by atoms with E-state index in [9.17, 15) is 19.2 Å². The van der Waals surface area contributed by atoms with E-state index < -0.39 is 29.7 Å². The van der Waals surface area contributed by atoms with Crippen LogP contribution in [-0.4, -0.2) is 108 Å². The lowest BCUT2D eigenvalue weighted by Crippen LogP contribution is -2.55. The van der Waals surface area contributed by atoms with Crippen molar-refractivity contribution in [3.63, 3.8) is 0 Å². The molecule has 0 bridgehead atoms. The van der Waals surface area contributed by atoms with Crippen molar-refractivity contribution in [2.75, 3.05) is 51.8 Å². The maximum Gasteiger partial charge on any atom is 0.527 e. The number of piperazine rings is 1. The molecule has 14 heteroatoms. The Hall–Kier alpha value is -4.30. The first kappa shape index (κ1) is 35.2. The van der Waals surface area contributed by atoms with Crippen LogP contribution < -0.4 is 10.6 Å². The Bertz CT molecular complexity index is 1290. The fourth-order valence-electron chi connectivity index (χ4n) is 4.51. The van der Waals surface area contributed by atoms with E-state index in [2.05, 4.69) is 20.6 Å². The van der Waals surface area contributed by atoms with Crippen LogP contribution >= 0.6 is 0 Å². The van der Waals surface area contributed by atoms with Gasteiger partial charge < -0.3 is 34.6 Å². The minimum absolute atomic E-state index is 0.00559. The Morgan fingerprint density at radius 2 is 1.71 bits per heavy atom. The van der Waals surface area contributed by atoms with Crippen LogP contribution in [-0.2, 0) is 28.6 Å². The van der Waals surface area contributed by atoms with Gasteiger partial charge >= 0.3 is 12.1 Å². The van der Waals surface area contributed by atoms with Crippen LogP contribution in [0.2, 0.25) is 0 Å². The van der Waals surface area contributed by atoms with Crippen LogP contribution in [0.15, 0.2) is 36.4 Å². The lowest BCUT2D eigenvalue weighted by Gasteiger charge is -2.35. The molecule has 2 amide bonds. The first-order valence-corrected chi connectivity index (χ1v) is 15.0. The van der Waals surface area contributed by atoms with Gasteiger partial charge in [-0.1, -0.05) is 30.3 Å². The Balaban J connectivity index is 1.82. The molecule has 2 heterocycles. The molecule has 2 atom stereocenters. The molecule has 2 aromatic rings. The maximum absolute atomic E-state index is 13.7. The van der Waals surface area contributed by atoms with E-state index in [1.165, 1.54) is 11.1 Å². The number of hydroxylamine groups is 2. The van der Waals surface area contributed by atoms with E-state index in [4.69, 9.17) is 19.0 Å². The second-order valence-corrected chi connectivity index (χ2v) is 11.5. The number of methoxy groups -OCH3 is 1. The lowest BCUT2D eigenvalue weighted by molar-refractivity contribution is -0.158. The first-order valence-electron chi connectivity index (χ1n) is 15.0. The highest BCUT2D eigenvalue weighted by Gasteiger charge is 2.31. The minimum Gasteiger partial charge on any atom is -0.460 e. The van der Waals surface area contributed by atoms with Gasteiger partial charge in [-0.25, -0.2) is 14.8 Å². The van der Waals surface area contributed by atoms with E-state index in [0.29, 0.717) is 23.8 Å². The smallest absolute Gasteiger partial charge is 0.460 e. The monoisotopic (exact) mass is 628 g/mol. The summed E-state index contributed by atoms with van der Waals surface area (Å²) in [5.41, 5.74) is 0.0431. The van der Waals surface area contributed by atoms with Gasteiger partial charge in [-0.05, 0) is 41.0 Å². The number of rotatable bonds is 13. The number of ether oxygens (including phenoxy) is 3. The van der Waals surface area contributed by atoms with Crippen LogP contribution in [0.25, 0.3) is 11.4 Å². The summed E-state index contributed by atoms with van der Waals surface area (Å²) >= 11 is 0. The van der Waals surface area contributed by atoms with Crippen LogP contribution in [0.5, 0.6) is 0 Å². The molecule has 0 aliphatic carbocycles. The van der Waals surface area contributed by atoms with Crippen molar-refractivity contribution in [2.45, 2.75) is 65.1 Å². The molecular weight excluding hydrogens is 584 g/mol. The number of amides is 2. The van der Waals surface area contributed by atoms with Crippen molar-refractivity contribution in [3.8, 4) is 11.4 Å². The zero-order valence-electron chi connectivity index (χ0n) is 26.8. The second kappa shape index (κ2) is 16.7. The molecule has 14 nitrogen and oxygen atoms in total. The molecule has 1 fully saturated rings. The molecule has 0 spiro atoms. The van der Waals surface area contributed by atoms with Crippen molar-refractivity contribution in [1.29, 1.82) is 0 Å². The maximum atomic E-state index is 13.7. The highest BCUT2D eigenvalue weighted by Crippen LogP contribution is 2.19. The molecule has 1 aromatic heterocycles. The van der Waals surface area contributed by atoms with E-state index in [-0.39, 0.29) is 63.3 Å². The number of hydrogen-bond donors (Lipinski definition) is 2. The molecule has 1 aliphatic rings. The van der Waals surface area contributed by atoms with E-state index >= 15 is 0 Å². The van der Waals surface area contributed by atoms with Crippen LogP contribution in [0, 0.1) is 0 Å². The van der Waals surface area contributed by atoms with Gasteiger partial charge in [0.25, 0.3) is 5.91 Å². The quantitative estimate of drug-likeness (QED) is 0.313. The predicted octanol–water partition coefficient (Wildman–Crippen LogP) is 3.04. The third kappa shape index (κ3) is 11.6. The molecule has 246 valence electrons. The predicted molar refractivity (Wildman–Crippen MR) is 165 cm³/mol. The summed E-state index contributed by atoms with van der Waals surface area (Å²) < 4.78 is 15.5. The largest absolute Gasteiger partial charge is 0.527 e. The van der Waals surface area contributed by atoms with Crippen molar-refractivity contribution >= 4 is 29.8 Å². The molecule has 1 aliphatic heterocycles. The zero-order chi connectivity index (χ0) is 33.0. The normalized spacial score (nSPS) is 15.0. The van der Waals surface area contributed by atoms with Gasteiger partial charge in [0.2, 0.25) is 5.91 Å². The second-order valence-electron chi connectivity index (χ2n) is 11.5. The molecule has 3 rings (SSSR count). The summed E-state index contributed by atoms with van der Waals surface area (Å²) in [5, 5.41) is 7.43. The number of aromatic nitrogens is 2. The average molecular weight is 629 g/mol. The van der Waals surface area contributed by atoms with E-state index in [1.54, 1.807) is 39.7 Å². The van der Waals surface area contributed by atoms with Gasteiger partial charge in [0.1, 0.15) is 23.2 Å². The first-order chi connectivity index (χ1) is 21.4. The van der Waals surface area contributed by atoms with Crippen molar-refractivity contribution in [2.24, 2.45) is 0 Å². The summed E-state index contributed by atoms with van der Waals surface area (Å²) in [4.78, 5) is 67.4. The molecule has 1 aromatic carbocycles. The molecule has 45 heavy (non-hydrogen) atoms. The number of nitrogens with one attached hydrogen (secondary N) is 2. The van der Waals surface area contributed by atoms with E-state index in [1.807, 2.05) is 37.3 Å². The van der Waals surface area contributed by atoms with Crippen LogP contribution in [0.4, 0.5) is 10.6 Å². The number of anilines is 1. The third-order valence-corrected chi connectivity index (χ3v) is 6.48. The standard InChI is InChI=1S/C31H44N6O8/c1-7-43-30(41)45-37-17-15-36(16-18-37)29(40)23(13-14-26(38)44-31(3,4)5)34-28(39)24-19-25(32-21(2)20-42-6)35-27(33-24)22-11-9-8-10-12-22/h8-12,19,21,23H,7,13-18,20H2,1-6H3,(H,34,39)(H,32,33,35)/t21?,23-/m0/s1. The van der Waals surface area contributed by atoms with Gasteiger partial charge in [-0.15, -0.1) is 5.06 Å². The van der Waals surface area contributed by atoms with Crippen molar-refractivity contribution < 1.29 is 38.2 Å². The highest BCUT2D eigenvalue weighted by atomic mass is 16.8. The molecule has 1 saturated heterocycles. The average Bonchev–Trinajstić information content (AvgIpc) is 2.99. The number of nitrogens with zero attached hydrogens (tertiary/aromatic N) is 4. The topological polar surface area (TPSA) is 162 Å². The number of esters is 1. The molecule has 0 saturated carbocycles. The number of carbonyl (C=O) groups is 4. The van der Waals surface area contributed by atoms with Crippen molar-refractivity contribution in [3.05, 3.63) is 42.1 Å². The Morgan fingerprint density at radius 3 is 2.33 bits per heavy atom. The van der Waals surface area contributed by atoms with Gasteiger partial charge in [0.05, 0.1) is 26.3 Å². The van der Waals surface area contributed by atoms with E-state index in [0.717, 1.165) is 0 Å². The fourth-order valence-corrected chi connectivity index (χ4v) is 4.51. The SMILES string of the molecule is CCOC(=O)ON1CCN(C(=O)[C@H](CCC(=O)OC(C)(C)C)NC(=O)c2cc(NC(C)COC)nc(-c3ccccc3)n2)CC1. The molecular formula is C31H44N6O8. The minimum atomic E-state index is -1.05.